The molecule has 11 heteroatoms. The van der Waals surface area contributed by atoms with Crippen molar-refractivity contribution in [3.8, 4) is 0 Å². The van der Waals surface area contributed by atoms with Crippen LogP contribution in [0.4, 0.5) is 16.3 Å². The molecule has 0 radical (unpaired) electrons. The van der Waals surface area contributed by atoms with Crippen molar-refractivity contribution in [3.63, 3.8) is 0 Å². The van der Waals surface area contributed by atoms with E-state index in [2.05, 4.69) is 9.97 Å². The van der Waals surface area contributed by atoms with E-state index >= 15 is 0 Å². The molecule has 2 heterocycles. The highest BCUT2D eigenvalue weighted by molar-refractivity contribution is 5.88. The number of aromatic carboxylic acids is 1. The molecule has 0 spiro atoms. The summed E-state index contributed by atoms with van der Waals surface area (Å²) in [6.45, 7) is 9.44. The largest absolute Gasteiger partial charge is 0.478 e. The van der Waals surface area contributed by atoms with E-state index in [1.807, 2.05) is 32.6 Å². The van der Waals surface area contributed by atoms with Gasteiger partial charge in [0.25, 0.3) is 5.69 Å². The van der Waals surface area contributed by atoms with Gasteiger partial charge in [0.15, 0.2) is 0 Å². The van der Waals surface area contributed by atoms with Gasteiger partial charge >= 0.3 is 12.1 Å². The number of rotatable bonds is 5. The molecule has 33 heavy (non-hydrogen) atoms. The molecule has 1 aliphatic heterocycles. The minimum absolute atomic E-state index is 0.0847. The van der Waals surface area contributed by atoms with E-state index in [4.69, 9.17) is 9.84 Å². The lowest BCUT2D eigenvalue weighted by atomic mass is 10.1. The Kier molecular flexibility index (Phi) is 6.80. The highest BCUT2D eigenvalue weighted by Gasteiger charge is 2.27. The Balaban J connectivity index is 1.76. The topological polar surface area (TPSA) is 139 Å². The Bertz CT molecular complexity index is 1070. The number of aryl methyl sites for hydroxylation is 1. The molecule has 11 nitrogen and oxygen atoms in total. The number of nitro groups is 1. The van der Waals surface area contributed by atoms with Crippen LogP contribution in [0.5, 0.6) is 0 Å². The Labute approximate surface area is 191 Å². The zero-order valence-corrected chi connectivity index (χ0v) is 19.1. The van der Waals surface area contributed by atoms with Gasteiger partial charge in [-0.25, -0.2) is 19.6 Å². The average Bonchev–Trinajstić information content (AvgIpc) is 2.74. The Morgan fingerprint density at radius 2 is 1.88 bits per heavy atom. The number of ether oxygens (including phenoxy) is 1. The van der Waals surface area contributed by atoms with Crippen molar-refractivity contribution in [3.05, 3.63) is 57.0 Å². The maximum absolute atomic E-state index is 12.3. The minimum Gasteiger partial charge on any atom is -0.478 e. The number of carbonyl (C=O) groups excluding carboxylic acids is 1. The molecule has 1 aliphatic rings. The lowest BCUT2D eigenvalue weighted by Gasteiger charge is -2.36. The quantitative estimate of drug-likeness (QED) is 0.530. The van der Waals surface area contributed by atoms with Crippen molar-refractivity contribution in [2.24, 2.45) is 0 Å². The maximum atomic E-state index is 12.3. The Hall–Kier alpha value is -3.76. The minimum atomic E-state index is -1.23. The molecular formula is C22H27N5O6. The van der Waals surface area contributed by atoms with Crippen LogP contribution in [-0.4, -0.2) is 68.7 Å². The average molecular weight is 457 g/mol. The van der Waals surface area contributed by atoms with Crippen molar-refractivity contribution in [1.29, 1.82) is 0 Å². The van der Waals surface area contributed by atoms with Gasteiger partial charge in [0.05, 0.1) is 10.5 Å². The van der Waals surface area contributed by atoms with E-state index in [1.54, 1.807) is 11.1 Å². The van der Waals surface area contributed by atoms with Crippen LogP contribution in [0.2, 0.25) is 0 Å². The smallest absolute Gasteiger partial charge is 0.410 e. The first-order valence-electron chi connectivity index (χ1n) is 10.5. The third-order valence-corrected chi connectivity index (χ3v) is 5.10. The number of hydrogen-bond donors (Lipinski definition) is 1. The number of amides is 1. The molecule has 1 fully saturated rings. The van der Waals surface area contributed by atoms with E-state index in [9.17, 15) is 19.7 Å². The van der Waals surface area contributed by atoms with Crippen LogP contribution in [0.25, 0.3) is 0 Å². The molecule has 1 aromatic heterocycles. The summed E-state index contributed by atoms with van der Waals surface area (Å²) in [7, 11) is 0. The predicted octanol–water partition coefficient (Wildman–Crippen LogP) is 3.04. The number of piperazine rings is 1. The number of nitrogens with zero attached hydrogens (tertiary/aromatic N) is 5. The molecule has 0 atom stereocenters. The number of anilines is 1. The molecular weight excluding hydrogens is 430 g/mol. The first-order chi connectivity index (χ1) is 15.4. The fourth-order valence-corrected chi connectivity index (χ4v) is 3.49. The highest BCUT2D eigenvalue weighted by Crippen LogP contribution is 2.25. The van der Waals surface area contributed by atoms with Crippen molar-refractivity contribution in [2.75, 3.05) is 31.1 Å². The number of hydrogen-bond acceptors (Lipinski definition) is 8. The molecule has 1 saturated heterocycles. The molecule has 1 N–H and O–H groups in total. The zero-order chi connectivity index (χ0) is 24.3. The standard InChI is InChI=1S/C22H27N5O6/c1-14-13-23-18(12-15-5-6-16(20(28)29)11-17(15)27(31)32)24-19(14)25-7-9-26(10-8-25)21(30)33-22(2,3)4/h5-6,11,13H,7-10,12H2,1-4H3,(H,28,29). The predicted molar refractivity (Wildman–Crippen MR) is 120 cm³/mol. The van der Waals surface area contributed by atoms with Crippen LogP contribution >= 0.6 is 0 Å². The highest BCUT2D eigenvalue weighted by atomic mass is 16.6. The van der Waals surface area contributed by atoms with Gasteiger partial charge in [0.2, 0.25) is 0 Å². The monoisotopic (exact) mass is 457 g/mol. The van der Waals surface area contributed by atoms with Crippen LogP contribution in [-0.2, 0) is 11.2 Å². The van der Waals surface area contributed by atoms with Gasteiger partial charge in [-0.2, -0.15) is 0 Å². The van der Waals surface area contributed by atoms with E-state index in [0.717, 1.165) is 11.6 Å². The molecule has 1 amide bonds. The number of nitro benzene ring substituents is 1. The summed E-state index contributed by atoms with van der Waals surface area (Å²) in [6.07, 6.45) is 1.40. The van der Waals surface area contributed by atoms with Gasteiger partial charge in [0.1, 0.15) is 17.2 Å². The first-order valence-corrected chi connectivity index (χ1v) is 10.5. The summed E-state index contributed by atoms with van der Waals surface area (Å²) in [5.74, 6) is -0.144. The molecule has 1 aromatic carbocycles. The van der Waals surface area contributed by atoms with Gasteiger partial charge in [-0.1, -0.05) is 6.07 Å². The third kappa shape index (κ3) is 5.93. The van der Waals surface area contributed by atoms with Crippen molar-refractivity contribution in [1.82, 2.24) is 14.9 Å². The van der Waals surface area contributed by atoms with Gasteiger partial charge in [-0.05, 0) is 33.8 Å². The second-order valence-electron chi connectivity index (χ2n) is 8.83. The van der Waals surface area contributed by atoms with Crippen LogP contribution in [0.15, 0.2) is 24.4 Å². The van der Waals surface area contributed by atoms with Crippen LogP contribution in [0.1, 0.15) is 48.1 Å². The van der Waals surface area contributed by atoms with Crippen molar-refractivity contribution < 1.29 is 24.4 Å². The molecule has 0 unspecified atom stereocenters. The number of carbonyl (C=O) groups is 2. The summed E-state index contributed by atoms with van der Waals surface area (Å²) >= 11 is 0. The maximum Gasteiger partial charge on any atom is 0.410 e. The SMILES string of the molecule is Cc1cnc(Cc2ccc(C(=O)O)cc2[N+](=O)[O-])nc1N1CCN(C(=O)OC(C)(C)C)CC1. The normalized spacial score (nSPS) is 14.2. The van der Waals surface area contributed by atoms with Crippen molar-refractivity contribution >= 4 is 23.6 Å². The number of benzene rings is 1. The van der Waals surface area contributed by atoms with E-state index in [1.165, 1.54) is 12.1 Å². The van der Waals surface area contributed by atoms with Crippen molar-refractivity contribution in [2.45, 2.75) is 39.7 Å². The number of carboxylic acid groups (broad SMARTS) is 1. The third-order valence-electron chi connectivity index (χ3n) is 5.10. The molecule has 3 rings (SSSR count). The summed E-state index contributed by atoms with van der Waals surface area (Å²) in [6, 6.07) is 3.79. The second-order valence-corrected chi connectivity index (χ2v) is 8.83. The van der Waals surface area contributed by atoms with E-state index in [-0.39, 0.29) is 23.8 Å². The number of aromatic nitrogens is 2. The summed E-state index contributed by atoms with van der Waals surface area (Å²) in [5, 5.41) is 20.6. The lowest BCUT2D eigenvalue weighted by Crippen LogP contribution is -2.50. The van der Waals surface area contributed by atoms with Crippen LogP contribution in [0.3, 0.4) is 0 Å². The zero-order valence-electron chi connectivity index (χ0n) is 19.1. The van der Waals surface area contributed by atoms with Gasteiger partial charge in [0, 0.05) is 56.0 Å². The van der Waals surface area contributed by atoms with E-state index < -0.39 is 16.5 Å². The molecule has 0 aliphatic carbocycles. The summed E-state index contributed by atoms with van der Waals surface area (Å²) < 4.78 is 5.43. The molecule has 0 bridgehead atoms. The van der Waals surface area contributed by atoms with Gasteiger partial charge in [-0.15, -0.1) is 0 Å². The van der Waals surface area contributed by atoms with Gasteiger partial charge in [-0.3, -0.25) is 10.1 Å². The van der Waals surface area contributed by atoms with E-state index in [0.29, 0.717) is 43.4 Å². The second kappa shape index (κ2) is 9.39. The van der Waals surface area contributed by atoms with Gasteiger partial charge < -0.3 is 19.6 Å². The fraction of sp³-hybridized carbons (Fsp3) is 0.455. The summed E-state index contributed by atoms with van der Waals surface area (Å²) in [5.41, 5.74) is 0.178. The Morgan fingerprint density at radius 3 is 2.45 bits per heavy atom. The molecule has 0 saturated carbocycles. The Morgan fingerprint density at radius 1 is 1.21 bits per heavy atom. The lowest BCUT2D eigenvalue weighted by molar-refractivity contribution is -0.385. The fourth-order valence-electron chi connectivity index (χ4n) is 3.49. The van der Waals surface area contributed by atoms with Crippen LogP contribution < -0.4 is 4.90 Å². The van der Waals surface area contributed by atoms with Crippen LogP contribution in [0, 0.1) is 17.0 Å². The molecule has 176 valence electrons. The number of carboxylic acids is 1. The first kappa shape index (κ1) is 23.9. The molecule has 2 aromatic rings. The summed E-state index contributed by atoms with van der Waals surface area (Å²) in [4.78, 5) is 46.9.